The zero-order valence-corrected chi connectivity index (χ0v) is 14.5. The summed E-state index contributed by atoms with van der Waals surface area (Å²) in [5.74, 6) is 1.32. The minimum absolute atomic E-state index is 0.382. The average molecular weight is 311 g/mol. The van der Waals surface area contributed by atoms with Crippen LogP contribution in [0.15, 0.2) is 0 Å². The van der Waals surface area contributed by atoms with Crippen LogP contribution in [0.4, 0.5) is 0 Å². The summed E-state index contributed by atoms with van der Waals surface area (Å²) in [7, 11) is 0. The second kappa shape index (κ2) is 5.98. The van der Waals surface area contributed by atoms with Crippen molar-refractivity contribution in [2.24, 2.45) is 5.41 Å². The molecule has 2 unspecified atom stereocenters. The molecule has 0 spiro atoms. The summed E-state index contributed by atoms with van der Waals surface area (Å²) < 4.78 is 0. The van der Waals surface area contributed by atoms with E-state index in [0.29, 0.717) is 16.7 Å². The Hall–Kier alpha value is -0.0600. The largest absolute Gasteiger partial charge is 0.309 e. The van der Waals surface area contributed by atoms with Gasteiger partial charge in [0, 0.05) is 10.9 Å². The normalized spacial score (nSPS) is 28.6. The van der Waals surface area contributed by atoms with Crippen LogP contribution in [0.3, 0.4) is 0 Å². The lowest BCUT2D eigenvalue weighted by Gasteiger charge is -2.34. The van der Waals surface area contributed by atoms with Gasteiger partial charge in [-0.1, -0.05) is 20.8 Å². The summed E-state index contributed by atoms with van der Waals surface area (Å²) in [6.07, 6.45) is 6.30. The molecule has 1 aromatic rings. The molecule has 0 aromatic carbocycles. The highest BCUT2D eigenvalue weighted by atomic mass is 32.2. The topological polar surface area (TPSA) is 24.9 Å². The monoisotopic (exact) mass is 310 g/mol. The third-order valence-corrected chi connectivity index (χ3v) is 7.17. The van der Waals surface area contributed by atoms with E-state index in [4.69, 9.17) is 4.98 Å². The van der Waals surface area contributed by atoms with Gasteiger partial charge >= 0.3 is 0 Å². The van der Waals surface area contributed by atoms with E-state index in [1.807, 2.05) is 11.3 Å². The van der Waals surface area contributed by atoms with Gasteiger partial charge in [-0.15, -0.1) is 11.3 Å². The Balaban J connectivity index is 1.85. The maximum absolute atomic E-state index is 5.04. The summed E-state index contributed by atoms with van der Waals surface area (Å²) in [6.45, 7) is 8.14. The molecule has 1 N–H and O–H groups in total. The van der Waals surface area contributed by atoms with E-state index in [1.54, 1.807) is 4.88 Å². The fourth-order valence-electron chi connectivity index (χ4n) is 3.35. The minimum atomic E-state index is 0.382. The lowest BCUT2D eigenvalue weighted by Crippen LogP contribution is -2.33. The first-order chi connectivity index (χ1) is 9.59. The molecule has 0 saturated carbocycles. The molecular formula is C16H26N2S2. The van der Waals surface area contributed by atoms with Crippen molar-refractivity contribution in [1.29, 1.82) is 0 Å². The number of hydrogen-bond acceptors (Lipinski definition) is 4. The molecule has 1 fully saturated rings. The molecule has 0 amide bonds. The van der Waals surface area contributed by atoms with Crippen LogP contribution in [0.1, 0.15) is 73.3 Å². The molecule has 20 heavy (non-hydrogen) atoms. The number of fused-ring (bicyclic) bond motifs is 1. The van der Waals surface area contributed by atoms with Gasteiger partial charge in [-0.2, -0.15) is 11.8 Å². The van der Waals surface area contributed by atoms with Gasteiger partial charge in [0.05, 0.1) is 10.9 Å². The summed E-state index contributed by atoms with van der Waals surface area (Å²) >= 11 is 4.10. The van der Waals surface area contributed by atoms with Crippen molar-refractivity contribution in [2.45, 2.75) is 64.2 Å². The number of hydrogen-bond donors (Lipinski definition) is 1. The first kappa shape index (κ1) is 14.9. The summed E-state index contributed by atoms with van der Waals surface area (Å²) in [5, 5.41) is 5.83. The molecule has 3 rings (SSSR count). The Morgan fingerprint density at radius 3 is 2.95 bits per heavy atom. The number of nitrogens with zero attached hydrogens (tertiary/aromatic N) is 1. The molecule has 2 aliphatic rings. The molecule has 1 aliphatic carbocycles. The maximum Gasteiger partial charge on any atom is 0.106 e. The smallest absolute Gasteiger partial charge is 0.106 e. The number of nitrogens with one attached hydrogen (secondary N) is 1. The average Bonchev–Trinajstić information content (AvgIpc) is 3.02. The minimum Gasteiger partial charge on any atom is -0.309 e. The number of thiazole rings is 1. The zero-order valence-electron chi connectivity index (χ0n) is 12.9. The van der Waals surface area contributed by atoms with Crippen molar-refractivity contribution < 1.29 is 0 Å². The molecule has 0 radical (unpaired) electrons. The number of thioether (sulfide) groups is 1. The molecular weight excluding hydrogens is 284 g/mol. The van der Waals surface area contributed by atoms with Crippen LogP contribution in [0.2, 0.25) is 0 Å². The molecule has 1 saturated heterocycles. The summed E-state index contributed by atoms with van der Waals surface area (Å²) in [5.41, 5.74) is 1.77. The Labute approximate surface area is 131 Å². The number of rotatable bonds is 4. The predicted molar refractivity (Wildman–Crippen MR) is 89.7 cm³/mol. The van der Waals surface area contributed by atoms with Gasteiger partial charge in [-0.3, -0.25) is 0 Å². The van der Waals surface area contributed by atoms with Crippen LogP contribution in [0, 0.1) is 5.41 Å². The first-order valence-corrected chi connectivity index (χ1v) is 9.80. The molecule has 2 heterocycles. The highest BCUT2D eigenvalue weighted by Gasteiger charge is 2.35. The van der Waals surface area contributed by atoms with Gasteiger partial charge in [0.15, 0.2) is 0 Å². The Morgan fingerprint density at radius 1 is 1.40 bits per heavy atom. The van der Waals surface area contributed by atoms with Crippen LogP contribution in [0.25, 0.3) is 0 Å². The molecule has 0 bridgehead atoms. The van der Waals surface area contributed by atoms with Crippen molar-refractivity contribution in [3.05, 3.63) is 15.6 Å². The molecule has 1 aliphatic heterocycles. The van der Waals surface area contributed by atoms with Gasteiger partial charge in [0.25, 0.3) is 0 Å². The highest BCUT2D eigenvalue weighted by Crippen LogP contribution is 2.47. The third-order valence-electron chi connectivity index (χ3n) is 4.31. The fourth-order valence-corrected chi connectivity index (χ4v) is 6.02. The van der Waals surface area contributed by atoms with E-state index in [-0.39, 0.29) is 0 Å². The predicted octanol–water partition coefficient (Wildman–Crippen LogP) is 4.72. The van der Waals surface area contributed by atoms with Crippen molar-refractivity contribution in [2.75, 3.05) is 12.3 Å². The van der Waals surface area contributed by atoms with Crippen LogP contribution < -0.4 is 5.32 Å². The first-order valence-electron chi connectivity index (χ1n) is 7.93. The van der Waals surface area contributed by atoms with Crippen LogP contribution in [-0.2, 0) is 6.42 Å². The SMILES string of the molecule is CCCNC1CC(C)(C)Cc2nc(C3CCCS3)sc21. The molecule has 112 valence electrons. The third kappa shape index (κ3) is 3.07. The highest BCUT2D eigenvalue weighted by molar-refractivity contribution is 7.99. The van der Waals surface area contributed by atoms with Crippen molar-refractivity contribution >= 4 is 23.1 Å². The summed E-state index contributed by atoms with van der Waals surface area (Å²) in [4.78, 5) is 6.59. The second-order valence-corrected chi connectivity index (χ2v) is 9.29. The van der Waals surface area contributed by atoms with Gasteiger partial charge in [-0.25, -0.2) is 4.98 Å². The van der Waals surface area contributed by atoms with E-state index in [0.717, 1.165) is 13.0 Å². The van der Waals surface area contributed by atoms with Crippen LogP contribution in [-0.4, -0.2) is 17.3 Å². The molecule has 2 atom stereocenters. The van der Waals surface area contributed by atoms with Crippen LogP contribution in [0.5, 0.6) is 0 Å². The van der Waals surface area contributed by atoms with Crippen LogP contribution >= 0.6 is 23.1 Å². The molecule has 2 nitrogen and oxygen atoms in total. The molecule has 4 heteroatoms. The lowest BCUT2D eigenvalue weighted by molar-refractivity contribution is 0.258. The fraction of sp³-hybridized carbons (Fsp3) is 0.812. The second-order valence-electron chi connectivity index (χ2n) is 6.92. The van der Waals surface area contributed by atoms with E-state index in [2.05, 4.69) is 37.8 Å². The van der Waals surface area contributed by atoms with Crippen molar-refractivity contribution in [3.63, 3.8) is 0 Å². The Bertz CT molecular complexity index is 461. The van der Waals surface area contributed by atoms with E-state index in [9.17, 15) is 0 Å². The number of aromatic nitrogens is 1. The zero-order chi connectivity index (χ0) is 14.2. The lowest BCUT2D eigenvalue weighted by atomic mass is 9.76. The van der Waals surface area contributed by atoms with Gasteiger partial charge in [0.1, 0.15) is 5.01 Å². The summed E-state index contributed by atoms with van der Waals surface area (Å²) in [6, 6.07) is 0.534. The quantitative estimate of drug-likeness (QED) is 0.870. The molecule has 1 aromatic heterocycles. The Kier molecular flexibility index (Phi) is 4.44. The van der Waals surface area contributed by atoms with Gasteiger partial charge in [-0.05, 0) is 49.8 Å². The van der Waals surface area contributed by atoms with E-state index >= 15 is 0 Å². The van der Waals surface area contributed by atoms with Crippen molar-refractivity contribution in [1.82, 2.24) is 10.3 Å². The van der Waals surface area contributed by atoms with E-state index in [1.165, 1.54) is 42.1 Å². The van der Waals surface area contributed by atoms with Crippen molar-refractivity contribution in [3.8, 4) is 0 Å². The van der Waals surface area contributed by atoms with E-state index < -0.39 is 0 Å². The maximum atomic E-state index is 5.04. The van der Waals surface area contributed by atoms with Gasteiger partial charge < -0.3 is 5.32 Å². The standard InChI is InChI=1S/C16H26N2S2/c1-4-7-17-11-9-16(2,3)10-12-14(11)20-15(18-12)13-6-5-8-19-13/h11,13,17H,4-10H2,1-3H3. The Morgan fingerprint density at radius 2 is 2.25 bits per heavy atom. The van der Waals surface area contributed by atoms with Gasteiger partial charge in [0.2, 0.25) is 0 Å².